The molecule has 0 N–H and O–H groups in total. The lowest BCUT2D eigenvalue weighted by Crippen LogP contribution is -2.28. The van der Waals surface area contributed by atoms with Crippen LogP contribution in [0.5, 0.6) is 5.75 Å². The van der Waals surface area contributed by atoms with E-state index in [-0.39, 0.29) is 5.78 Å². The summed E-state index contributed by atoms with van der Waals surface area (Å²) < 4.78 is 8.90. The Morgan fingerprint density at radius 2 is 1.68 bits per heavy atom. The van der Waals surface area contributed by atoms with Crippen LogP contribution < -0.4 is 4.74 Å². The molecule has 0 aliphatic carbocycles. The van der Waals surface area contributed by atoms with Gasteiger partial charge in [0.25, 0.3) is 0 Å². The number of pyridine rings is 1. The predicted octanol–water partition coefficient (Wildman–Crippen LogP) is 7.56. The van der Waals surface area contributed by atoms with E-state index in [1.54, 1.807) is 0 Å². The summed E-state index contributed by atoms with van der Waals surface area (Å²) >= 11 is 3.63. The molecule has 5 heteroatoms. The number of carbonyl (C=O) groups excluding carboxylic acids is 1. The second kappa shape index (κ2) is 13.7. The molecule has 2 heterocycles. The van der Waals surface area contributed by atoms with Gasteiger partial charge in [-0.25, -0.2) is 0 Å². The Balaban J connectivity index is 1.65. The summed E-state index contributed by atoms with van der Waals surface area (Å²) in [6.45, 7) is 10.7. The fraction of sp³-hybridized carbons (Fsp3) is 0.483. The lowest BCUT2D eigenvalue weighted by Gasteiger charge is -2.22. The molecule has 0 saturated heterocycles. The van der Waals surface area contributed by atoms with Crippen LogP contribution in [0.15, 0.2) is 53.1 Å². The molecule has 2 aromatic heterocycles. The number of halogens is 1. The number of carbonyl (C=O) groups is 1. The van der Waals surface area contributed by atoms with Gasteiger partial charge in [0.15, 0.2) is 0 Å². The van der Waals surface area contributed by atoms with E-state index in [9.17, 15) is 4.79 Å². The van der Waals surface area contributed by atoms with Crippen molar-refractivity contribution < 1.29 is 9.53 Å². The largest absolute Gasteiger partial charge is 0.492 e. The minimum absolute atomic E-state index is 0.0457. The highest BCUT2D eigenvalue weighted by Crippen LogP contribution is 2.29. The van der Waals surface area contributed by atoms with E-state index in [1.165, 1.54) is 38.8 Å². The Labute approximate surface area is 213 Å². The fourth-order valence-electron chi connectivity index (χ4n) is 4.36. The molecule has 0 amide bonds. The zero-order valence-electron chi connectivity index (χ0n) is 21.0. The van der Waals surface area contributed by atoms with Gasteiger partial charge < -0.3 is 14.0 Å². The topological polar surface area (TPSA) is 34.0 Å². The van der Waals surface area contributed by atoms with E-state index < -0.39 is 0 Å². The van der Waals surface area contributed by atoms with Crippen molar-refractivity contribution in [2.45, 2.75) is 65.7 Å². The molecule has 3 aromatic rings. The van der Waals surface area contributed by atoms with Gasteiger partial charge in [0.1, 0.15) is 5.75 Å². The number of aromatic nitrogens is 1. The van der Waals surface area contributed by atoms with Crippen molar-refractivity contribution in [3.63, 3.8) is 0 Å². The molecular weight excluding hydrogens is 488 g/mol. The van der Waals surface area contributed by atoms with Gasteiger partial charge in [-0.15, -0.1) is 0 Å². The smallest absolute Gasteiger partial charge is 0.210 e. The molecule has 34 heavy (non-hydrogen) atoms. The first-order valence-electron chi connectivity index (χ1n) is 12.9. The number of hydrogen-bond acceptors (Lipinski definition) is 3. The fourth-order valence-corrected chi connectivity index (χ4v) is 4.85. The van der Waals surface area contributed by atoms with Crippen molar-refractivity contribution in [1.29, 1.82) is 0 Å². The molecule has 0 aliphatic rings. The highest BCUT2D eigenvalue weighted by Gasteiger charge is 2.19. The summed E-state index contributed by atoms with van der Waals surface area (Å²) in [5, 5.41) is 0. The molecule has 1 aromatic carbocycles. The number of aryl methyl sites for hydroxylation is 1. The number of rotatable bonds is 15. The molecule has 0 saturated carbocycles. The third-order valence-corrected chi connectivity index (χ3v) is 6.84. The van der Waals surface area contributed by atoms with Crippen LogP contribution in [0.4, 0.5) is 0 Å². The molecule has 184 valence electrons. The summed E-state index contributed by atoms with van der Waals surface area (Å²) in [5.74, 6) is 0.836. The SMILES string of the molecule is CCCCN(CCCC)CCCOc1ccc(C(=O)c2c(CCC)cc3ccccn23)cc1Br. The summed E-state index contributed by atoms with van der Waals surface area (Å²) in [6.07, 6.45) is 9.83. The number of unbranched alkanes of at least 4 members (excludes halogenated alkanes) is 2. The van der Waals surface area contributed by atoms with Crippen molar-refractivity contribution in [1.82, 2.24) is 9.30 Å². The zero-order chi connectivity index (χ0) is 24.3. The standard InChI is InChI=1S/C29H39BrN2O2/c1-4-7-16-31(17-8-5-2)18-11-20-34-27-15-14-24(22-26(27)30)29(33)28-23(12-6-3)21-25-13-9-10-19-32(25)28/h9-10,13-15,19,21-22H,4-8,11-12,16-18,20H2,1-3H3. The molecule has 0 bridgehead atoms. The van der Waals surface area contributed by atoms with Gasteiger partial charge in [-0.2, -0.15) is 0 Å². The van der Waals surface area contributed by atoms with E-state index in [2.05, 4.69) is 53.7 Å². The minimum Gasteiger partial charge on any atom is -0.492 e. The van der Waals surface area contributed by atoms with Crippen LogP contribution in [-0.2, 0) is 6.42 Å². The van der Waals surface area contributed by atoms with Crippen LogP contribution in [0.25, 0.3) is 5.52 Å². The molecule has 3 rings (SSSR count). The van der Waals surface area contributed by atoms with Gasteiger partial charge in [0, 0.05) is 23.8 Å². The molecule has 0 aliphatic heterocycles. The van der Waals surface area contributed by atoms with Crippen molar-refractivity contribution in [3.05, 3.63) is 70.0 Å². The van der Waals surface area contributed by atoms with Crippen LogP contribution in [0.3, 0.4) is 0 Å². The lowest BCUT2D eigenvalue weighted by molar-refractivity contribution is 0.103. The van der Waals surface area contributed by atoms with Crippen molar-refractivity contribution >= 4 is 27.2 Å². The third kappa shape index (κ3) is 6.96. The minimum atomic E-state index is 0.0457. The quantitative estimate of drug-likeness (QED) is 0.151. The van der Waals surface area contributed by atoms with Crippen molar-refractivity contribution in [2.75, 3.05) is 26.2 Å². The Kier molecular flexibility index (Phi) is 10.7. The number of nitrogens with zero attached hydrogens (tertiary/aromatic N) is 2. The molecule has 0 radical (unpaired) electrons. The summed E-state index contributed by atoms with van der Waals surface area (Å²) in [4.78, 5) is 16.1. The second-order valence-corrected chi connectivity index (χ2v) is 9.84. The number of benzene rings is 1. The monoisotopic (exact) mass is 526 g/mol. The first-order valence-corrected chi connectivity index (χ1v) is 13.7. The van der Waals surface area contributed by atoms with E-state index in [1.807, 2.05) is 40.9 Å². The van der Waals surface area contributed by atoms with E-state index in [4.69, 9.17) is 4.74 Å². The Morgan fingerprint density at radius 1 is 0.941 bits per heavy atom. The van der Waals surface area contributed by atoms with Crippen LogP contribution in [0.1, 0.15) is 80.9 Å². The Morgan fingerprint density at radius 3 is 2.35 bits per heavy atom. The molecule has 0 unspecified atom stereocenters. The molecule has 0 fully saturated rings. The highest BCUT2D eigenvalue weighted by atomic mass is 79.9. The van der Waals surface area contributed by atoms with Gasteiger partial charge in [-0.05, 0) is 96.7 Å². The van der Waals surface area contributed by atoms with E-state index >= 15 is 0 Å². The van der Waals surface area contributed by atoms with Crippen LogP contribution in [-0.4, -0.2) is 41.3 Å². The van der Waals surface area contributed by atoms with Gasteiger partial charge in [0.05, 0.1) is 16.8 Å². The number of ketones is 1. The van der Waals surface area contributed by atoms with Gasteiger partial charge in [0.2, 0.25) is 5.78 Å². The maximum Gasteiger partial charge on any atom is 0.210 e. The van der Waals surface area contributed by atoms with Crippen LogP contribution in [0.2, 0.25) is 0 Å². The van der Waals surface area contributed by atoms with Gasteiger partial charge in [-0.1, -0.05) is 46.1 Å². The first kappa shape index (κ1) is 26.5. The highest BCUT2D eigenvalue weighted by molar-refractivity contribution is 9.10. The first-order chi connectivity index (χ1) is 16.6. The van der Waals surface area contributed by atoms with Crippen molar-refractivity contribution in [2.24, 2.45) is 0 Å². The molecule has 0 spiro atoms. The summed E-state index contributed by atoms with van der Waals surface area (Å²) in [6, 6.07) is 13.9. The second-order valence-electron chi connectivity index (χ2n) is 8.99. The van der Waals surface area contributed by atoms with Crippen LogP contribution in [0, 0.1) is 0 Å². The average molecular weight is 528 g/mol. The number of hydrogen-bond donors (Lipinski definition) is 0. The van der Waals surface area contributed by atoms with Gasteiger partial charge >= 0.3 is 0 Å². The normalized spacial score (nSPS) is 11.4. The predicted molar refractivity (Wildman–Crippen MR) is 145 cm³/mol. The summed E-state index contributed by atoms with van der Waals surface area (Å²) in [5.41, 5.74) is 3.59. The maximum absolute atomic E-state index is 13.5. The zero-order valence-corrected chi connectivity index (χ0v) is 22.6. The summed E-state index contributed by atoms with van der Waals surface area (Å²) in [7, 11) is 0. The van der Waals surface area contributed by atoms with Crippen LogP contribution >= 0.6 is 15.9 Å². The molecular formula is C29H39BrN2O2. The van der Waals surface area contributed by atoms with E-state index in [0.717, 1.165) is 52.8 Å². The average Bonchev–Trinajstić information content (AvgIpc) is 3.21. The Hall–Kier alpha value is -2.11. The number of fused-ring (bicyclic) bond motifs is 1. The lowest BCUT2D eigenvalue weighted by atomic mass is 10.0. The third-order valence-electron chi connectivity index (χ3n) is 6.22. The van der Waals surface area contributed by atoms with Crippen molar-refractivity contribution in [3.8, 4) is 5.75 Å². The molecule has 0 atom stereocenters. The van der Waals surface area contributed by atoms with Gasteiger partial charge in [-0.3, -0.25) is 4.79 Å². The number of ether oxygens (including phenoxy) is 1. The molecule has 4 nitrogen and oxygen atoms in total. The van der Waals surface area contributed by atoms with E-state index in [0.29, 0.717) is 12.2 Å². The Bertz CT molecular complexity index is 1050. The maximum atomic E-state index is 13.5.